The van der Waals surface area contributed by atoms with Crippen molar-refractivity contribution in [2.24, 2.45) is 5.92 Å². The molecule has 1 saturated carbocycles. The average Bonchev–Trinajstić information content (AvgIpc) is 2.69. The molecule has 31 heavy (non-hydrogen) atoms. The maximum absolute atomic E-state index is 13.7. The summed E-state index contributed by atoms with van der Waals surface area (Å²) in [7, 11) is 0. The van der Waals surface area contributed by atoms with Crippen molar-refractivity contribution in [3.8, 4) is 0 Å². The van der Waals surface area contributed by atoms with Crippen LogP contribution in [0.4, 0.5) is 22.0 Å². The van der Waals surface area contributed by atoms with E-state index in [1.165, 1.54) is 12.1 Å². The minimum atomic E-state index is -4.75. The van der Waals surface area contributed by atoms with Gasteiger partial charge in [-0.25, -0.2) is 18.7 Å². The number of rotatable bonds is 5. The van der Waals surface area contributed by atoms with E-state index in [2.05, 4.69) is 15.3 Å². The van der Waals surface area contributed by atoms with Gasteiger partial charge in [-0.2, -0.15) is 13.2 Å². The topological polar surface area (TPSA) is 54.9 Å². The highest BCUT2D eigenvalue weighted by Crippen LogP contribution is 2.49. The highest BCUT2D eigenvalue weighted by Gasteiger charge is 2.47. The van der Waals surface area contributed by atoms with E-state index in [1.807, 2.05) is 0 Å². The van der Waals surface area contributed by atoms with Crippen LogP contribution in [0, 0.1) is 5.92 Å². The van der Waals surface area contributed by atoms with Gasteiger partial charge in [-0.1, -0.05) is 41.4 Å². The Kier molecular flexibility index (Phi) is 6.76. The van der Waals surface area contributed by atoms with E-state index < -0.39 is 53.0 Å². The zero-order valence-electron chi connectivity index (χ0n) is 16.0. The number of nitrogens with one attached hydrogen (secondary N) is 1. The van der Waals surface area contributed by atoms with Crippen molar-refractivity contribution < 1.29 is 26.7 Å². The molecule has 1 aromatic heterocycles. The largest absolute Gasteiger partial charge is 0.451 e. The molecule has 11 heteroatoms. The molecule has 168 valence electrons. The fourth-order valence-electron chi connectivity index (χ4n) is 3.71. The van der Waals surface area contributed by atoms with E-state index in [0.29, 0.717) is 0 Å². The van der Waals surface area contributed by atoms with Crippen LogP contribution in [0.1, 0.15) is 53.3 Å². The molecule has 3 rings (SSSR count). The van der Waals surface area contributed by atoms with Crippen molar-refractivity contribution in [1.29, 1.82) is 0 Å². The van der Waals surface area contributed by atoms with Gasteiger partial charge >= 0.3 is 6.18 Å². The summed E-state index contributed by atoms with van der Waals surface area (Å²) >= 11 is 13.0. The fourth-order valence-corrected chi connectivity index (χ4v) is 4.49. The number of halogens is 7. The summed E-state index contributed by atoms with van der Waals surface area (Å²) in [4.78, 5) is 19.2. The molecule has 0 saturated heterocycles. The molecule has 4 nitrogen and oxygen atoms in total. The van der Waals surface area contributed by atoms with Gasteiger partial charge in [-0.15, -0.1) is 0 Å². The van der Waals surface area contributed by atoms with Crippen LogP contribution in [0.5, 0.6) is 0 Å². The van der Waals surface area contributed by atoms with Crippen LogP contribution in [-0.2, 0) is 6.18 Å². The van der Waals surface area contributed by atoms with Crippen LogP contribution in [0.3, 0.4) is 0 Å². The van der Waals surface area contributed by atoms with Gasteiger partial charge in [0.15, 0.2) is 4.46 Å². The van der Waals surface area contributed by atoms with Crippen LogP contribution < -0.4 is 5.32 Å². The van der Waals surface area contributed by atoms with Gasteiger partial charge in [-0.3, -0.25) is 4.79 Å². The summed E-state index contributed by atoms with van der Waals surface area (Å²) in [5.74, 6) is -6.36. The summed E-state index contributed by atoms with van der Waals surface area (Å²) in [6.45, 7) is 0. The van der Waals surface area contributed by atoms with Gasteiger partial charge in [0, 0.05) is 36.7 Å². The Hall–Kier alpha value is -2.00. The number of alkyl halides is 7. The standard InChI is InChI=1S/C20H18Cl2F5N3O/c21-19(22,30-16(31)13-4-2-1-3-5-13)15(12-6-8-18(23,24)9-7-12)14-10-28-17(29-11-14)20(25,26)27/h1-5,10-12,15H,6-9H2,(H,30,31). The molecule has 0 aliphatic heterocycles. The minimum absolute atomic E-state index is 0.0150. The van der Waals surface area contributed by atoms with Gasteiger partial charge in [0.25, 0.3) is 5.91 Å². The molecule has 0 radical (unpaired) electrons. The Morgan fingerprint density at radius 1 is 1.06 bits per heavy atom. The van der Waals surface area contributed by atoms with Gasteiger partial charge in [0.1, 0.15) is 0 Å². The molecule has 1 N–H and O–H groups in total. The lowest BCUT2D eigenvalue weighted by atomic mass is 9.76. The maximum Gasteiger partial charge on any atom is 0.451 e. The second-order valence-corrected chi connectivity index (χ2v) is 8.84. The smallest absolute Gasteiger partial charge is 0.320 e. The third-order valence-corrected chi connectivity index (χ3v) is 5.88. The van der Waals surface area contributed by atoms with Crippen molar-refractivity contribution in [1.82, 2.24) is 15.3 Å². The summed E-state index contributed by atoms with van der Waals surface area (Å²) in [6.07, 6.45) is -3.73. The normalized spacial score (nSPS) is 18.4. The Morgan fingerprint density at radius 2 is 1.61 bits per heavy atom. The molecule has 1 fully saturated rings. The van der Waals surface area contributed by atoms with E-state index in [-0.39, 0.29) is 24.0 Å². The van der Waals surface area contributed by atoms with E-state index in [1.54, 1.807) is 18.2 Å². The van der Waals surface area contributed by atoms with Crippen molar-refractivity contribution >= 4 is 29.1 Å². The van der Waals surface area contributed by atoms with Gasteiger partial charge < -0.3 is 5.32 Å². The number of amides is 1. The molecule has 1 unspecified atom stereocenters. The lowest BCUT2D eigenvalue weighted by Gasteiger charge is -2.39. The van der Waals surface area contributed by atoms with Crippen molar-refractivity contribution in [2.75, 3.05) is 0 Å². The van der Waals surface area contributed by atoms with E-state index in [9.17, 15) is 26.7 Å². The van der Waals surface area contributed by atoms with Gasteiger partial charge in [0.2, 0.25) is 11.7 Å². The second kappa shape index (κ2) is 8.86. The fraction of sp³-hybridized carbons (Fsp3) is 0.450. The van der Waals surface area contributed by atoms with E-state index >= 15 is 0 Å². The van der Waals surface area contributed by atoms with E-state index in [4.69, 9.17) is 23.2 Å². The van der Waals surface area contributed by atoms with Crippen molar-refractivity contribution in [3.05, 3.63) is 59.7 Å². The number of carbonyl (C=O) groups excluding carboxylic acids is 1. The first-order chi connectivity index (χ1) is 14.4. The summed E-state index contributed by atoms with van der Waals surface area (Å²) in [5.41, 5.74) is 0.368. The molecule has 1 aromatic carbocycles. The van der Waals surface area contributed by atoms with Crippen molar-refractivity contribution in [2.45, 2.75) is 48.2 Å². The quantitative estimate of drug-likeness (QED) is 0.325. The zero-order chi connectivity index (χ0) is 22.9. The highest BCUT2D eigenvalue weighted by atomic mass is 35.5. The highest BCUT2D eigenvalue weighted by molar-refractivity contribution is 6.49. The Morgan fingerprint density at radius 3 is 2.13 bits per heavy atom. The molecule has 1 aliphatic rings. The molecule has 0 spiro atoms. The van der Waals surface area contributed by atoms with Crippen LogP contribution in [0.2, 0.25) is 0 Å². The van der Waals surface area contributed by atoms with Gasteiger partial charge in [0.05, 0.1) is 0 Å². The summed E-state index contributed by atoms with van der Waals surface area (Å²) < 4.78 is 63.8. The average molecular weight is 482 g/mol. The molecular formula is C20H18Cl2F5N3O. The molecule has 2 aromatic rings. The molecule has 0 bridgehead atoms. The first-order valence-electron chi connectivity index (χ1n) is 9.41. The molecule has 1 atom stereocenters. The maximum atomic E-state index is 13.7. The van der Waals surface area contributed by atoms with Crippen molar-refractivity contribution in [3.63, 3.8) is 0 Å². The molecular weight excluding hydrogens is 464 g/mol. The number of nitrogens with zero attached hydrogens (tertiary/aromatic N) is 2. The van der Waals surface area contributed by atoms with Crippen LogP contribution in [0.15, 0.2) is 42.7 Å². The van der Waals surface area contributed by atoms with Crippen LogP contribution >= 0.6 is 23.2 Å². The summed E-state index contributed by atoms with van der Waals surface area (Å²) in [5, 5.41) is 2.46. The number of carbonyl (C=O) groups is 1. The Labute approximate surface area is 185 Å². The molecule has 1 heterocycles. The number of aromatic nitrogens is 2. The first kappa shape index (κ1) is 23.7. The SMILES string of the molecule is O=C(NC(Cl)(Cl)C(c1cnc(C(F)(F)F)nc1)C1CCC(F)(F)CC1)c1ccccc1. The van der Waals surface area contributed by atoms with E-state index in [0.717, 1.165) is 12.4 Å². The molecule has 1 aliphatic carbocycles. The predicted octanol–water partition coefficient (Wildman–Crippen LogP) is 5.97. The minimum Gasteiger partial charge on any atom is -0.320 e. The summed E-state index contributed by atoms with van der Waals surface area (Å²) in [6, 6.07) is 8.01. The zero-order valence-corrected chi connectivity index (χ0v) is 17.5. The third-order valence-electron chi connectivity index (χ3n) is 5.22. The molecule has 1 amide bonds. The first-order valence-corrected chi connectivity index (χ1v) is 10.2. The monoisotopic (exact) mass is 481 g/mol. The number of hydrogen-bond acceptors (Lipinski definition) is 3. The third kappa shape index (κ3) is 5.83. The lowest BCUT2D eigenvalue weighted by molar-refractivity contribution is -0.145. The predicted molar refractivity (Wildman–Crippen MR) is 105 cm³/mol. The van der Waals surface area contributed by atoms with Crippen LogP contribution in [-0.4, -0.2) is 26.3 Å². The second-order valence-electron chi connectivity index (χ2n) is 7.45. The van der Waals surface area contributed by atoms with Crippen LogP contribution in [0.25, 0.3) is 0 Å². The Balaban J connectivity index is 1.92. The number of hydrogen-bond donors (Lipinski definition) is 1. The lowest BCUT2D eigenvalue weighted by Crippen LogP contribution is -2.47. The number of benzene rings is 1. The van der Waals surface area contributed by atoms with Gasteiger partial charge in [-0.05, 0) is 36.5 Å². The Bertz CT molecular complexity index is 897.